The summed E-state index contributed by atoms with van der Waals surface area (Å²) in [6.07, 6.45) is 1.28. The summed E-state index contributed by atoms with van der Waals surface area (Å²) in [6.45, 7) is 6.04. The van der Waals surface area contributed by atoms with Gasteiger partial charge in [0.25, 0.3) is 0 Å². The van der Waals surface area contributed by atoms with Gasteiger partial charge in [-0.15, -0.1) is 0 Å². The number of ether oxygens (including phenoxy) is 1. The molecular formula is C12H17N3O4. The number of carbonyl (C=O) groups is 2. The van der Waals surface area contributed by atoms with Crippen LogP contribution in [-0.2, 0) is 29.2 Å². The van der Waals surface area contributed by atoms with Crippen molar-refractivity contribution in [1.29, 1.82) is 0 Å². The van der Waals surface area contributed by atoms with Crippen molar-refractivity contribution in [3.05, 3.63) is 17.5 Å². The summed E-state index contributed by atoms with van der Waals surface area (Å²) in [4.78, 5) is 24.0. The summed E-state index contributed by atoms with van der Waals surface area (Å²) < 4.78 is 6.65. The lowest BCUT2D eigenvalue weighted by Gasteiger charge is -2.24. The molecule has 0 saturated heterocycles. The highest BCUT2D eigenvalue weighted by Gasteiger charge is 2.29. The second-order valence-corrected chi connectivity index (χ2v) is 5.53. The van der Waals surface area contributed by atoms with E-state index in [2.05, 4.69) is 5.10 Å². The van der Waals surface area contributed by atoms with Crippen LogP contribution >= 0.6 is 0 Å². The van der Waals surface area contributed by atoms with Crippen LogP contribution in [0.1, 0.15) is 32.0 Å². The second-order valence-electron chi connectivity index (χ2n) is 5.53. The molecule has 2 rings (SSSR count). The molecular weight excluding hydrogens is 250 g/mol. The molecule has 7 heteroatoms. The minimum Gasteiger partial charge on any atom is -0.480 e. The molecule has 0 spiro atoms. The number of hydrogen-bond acceptors (Lipinski definition) is 4. The first kappa shape index (κ1) is 13.4. The standard InChI is InChI=1S/C12H17N3O4/c1-12(2,3)19-11(18)14-4-8-5-15(7-10(16)17)13-9(8)6-14/h5H,4,6-7H2,1-3H3,(H,16,17). The SMILES string of the molecule is CC(C)(C)OC(=O)N1Cc2cn(CC(=O)O)nc2C1. The van der Waals surface area contributed by atoms with E-state index in [-0.39, 0.29) is 12.6 Å². The lowest BCUT2D eigenvalue weighted by atomic mass is 10.2. The molecule has 0 radical (unpaired) electrons. The van der Waals surface area contributed by atoms with Crippen LogP contribution < -0.4 is 0 Å². The number of nitrogens with zero attached hydrogens (tertiary/aromatic N) is 3. The van der Waals surface area contributed by atoms with Gasteiger partial charge in [0.05, 0.1) is 18.8 Å². The third-order valence-electron chi connectivity index (χ3n) is 2.58. The van der Waals surface area contributed by atoms with Crippen LogP contribution in [0.25, 0.3) is 0 Å². The fourth-order valence-electron chi connectivity index (χ4n) is 1.89. The summed E-state index contributed by atoms with van der Waals surface area (Å²) in [5.74, 6) is -0.940. The molecule has 0 fully saturated rings. The number of rotatable bonds is 2. The smallest absolute Gasteiger partial charge is 0.410 e. The fourth-order valence-corrected chi connectivity index (χ4v) is 1.89. The molecule has 1 N–H and O–H groups in total. The van der Waals surface area contributed by atoms with Crippen LogP contribution in [0.2, 0.25) is 0 Å². The number of fused-ring (bicyclic) bond motifs is 1. The van der Waals surface area contributed by atoms with Crippen molar-refractivity contribution in [2.75, 3.05) is 0 Å². The first-order valence-electron chi connectivity index (χ1n) is 5.99. The molecule has 7 nitrogen and oxygen atoms in total. The van der Waals surface area contributed by atoms with E-state index in [1.165, 1.54) is 4.68 Å². The Morgan fingerprint density at radius 3 is 2.63 bits per heavy atom. The summed E-state index contributed by atoms with van der Waals surface area (Å²) in [5.41, 5.74) is 1.07. The van der Waals surface area contributed by atoms with Crippen molar-refractivity contribution in [2.24, 2.45) is 0 Å². The molecule has 1 aliphatic heterocycles. The Hall–Kier alpha value is -2.05. The molecule has 0 bridgehead atoms. The molecule has 0 atom stereocenters. The van der Waals surface area contributed by atoms with Crippen LogP contribution in [-0.4, -0.2) is 37.5 Å². The molecule has 0 unspecified atom stereocenters. The van der Waals surface area contributed by atoms with E-state index in [9.17, 15) is 9.59 Å². The van der Waals surface area contributed by atoms with E-state index in [4.69, 9.17) is 9.84 Å². The maximum atomic E-state index is 11.9. The molecule has 1 amide bonds. The maximum absolute atomic E-state index is 11.9. The summed E-state index contributed by atoms with van der Waals surface area (Å²) >= 11 is 0. The Balaban J connectivity index is 1.99. The van der Waals surface area contributed by atoms with E-state index in [1.54, 1.807) is 11.1 Å². The predicted octanol–water partition coefficient (Wildman–Crippen LogP) is 1.22. The summed E-state index contributed by atoms with van der Waals surface area (Å²) in [7, 11) is 0. The van der Waals surface area contributed by atoms with Gasteiger partial charge in [-0.05, 0) is 20.8 Å². The van der Waals surface area contributed by atoms with E-state index in [1.807, 2.05) is 20.8 Å². The van der Waals surface area contributed by atoms with Gasteiger partial charge in [-0.25, -0.2) is 4.79 Å². The van der Waals surface area contributed by atoms with Crippen molar-refractivity contribution in [3.63, 3.8) is 0 Å². The van der Waals surface area contributed by atoms with Crippen LogP contribution in [0.5, 0.6) is 0 Å². The van der Waals surface area contributed by atoms with Gasteiger partial charge in [0, 0.05) is 11.8 Å². The largest absolute Gasteiger partial charge is 0.480 e. The van der Waals surface area contributed by atoms with Gasteiger partial charge in [0.2, 0.25) is 0 Å². The first-order chi connectivity index (χ1) is 8.74. The number of amides is 1. The molecule has 0 aliphatic carbocycles. The van der Waals surface area contributed by atoms with Gasteiger partial charge in [-0.3, -0.25) is 14.4 Å². The van der Waals surface area contributed by atoms with E-state index < -0.39 is 11.6 Å². The van der Waals surface area contributed by atoms with Crippen LogP contribution in [0.15, 0.2) is 6.20 Å². The van der Waals surface area contributed by atoms with Gasteiger partial charge >= 0.3 is 12.1 Å². The predicted molar refractivity (Wildman–Crippen MR) is 65.3 cm³/mol. The topological polar surface area (TPSA) is 84.7 Å². The molecule has 104 valence electrons. The van der Waals surface area contributed by atoms with Gasteiger partial charge in [-0.2, -0.15) is 5.10 Å². The third kappa shape index (κ3) is 3.24. The van der Waals surface area contributed by atoms with Crippen LogP contribution in [0.3, 0.4) is 0 Å². The van der Waals surface area contributed by atoms with Crippen molar-refractivity contribution in [3.8, 4) is 0 Å². The van der Waals surface area contributed by atoms with Crippen molar-refractivity contribution in [1.82, 2.24) is 14.7 Å². The van der Waals surface area contributed by atoms with Crippen molar-refractivity contribution < 1.29 is 19.4 Å². The minimum atomic E-state index is -0.940. The van der Waals surface area contributed by atoms with Gasteiger partial charge < -0.3 is 9.84 Å². The Morgan fingerprint density at radius 1 is 1.42 bits per heavy atom. The number of carboxylic acid groups (broad SMARTS) is 1. The molecule has 19 heavy (non-hydrogen) atoms. The average Bonchev–Trinajstić information content (AvgIpc) is 2.70. The number of carbonyl (C=O) groups excluding carboxylic acids is 1. The highest BCUT2D eigenvalue weighted by molar-refractivity contribution is 5.69. The Labute approximate surface area is 110 Å². The summed E-state index contributed by atoms with van der Waals surface area (Å²) in [6, 6.07) is 0. The lowest BCUT2D eigenvalue weighted by Crippen LogP contribution is -2.33. The molecule has 0 aromatic carbocycles. The highest BCUT2D eigenvalue weighted by atomic mass is 16.6. The average molecular weight is 267 g/mol. The Morgan fingerprint density at radius 2 is 2.11 bits per heavy atom. The Bertz CT molecular complexity index is 492. The zero-order chi connectivity index (χ0) is 14.2. The Kier molecular flexibility index (Phi) is 3.21. The van der Waals surface area contributed by atoms with E-state index in [0.29, 0.717) is 13.1 Å². The quantitative estimate of drug-likeness (QED) is 0.870. The number of hydrogen-bond donors (Lipinski definition) is 1. The van der Waals surface area contributed by atoms with Gasteiger partial charge in [0.15, 0.2) is 0 Å². The third-order valence-corrected chi connectivity index (χ3v) is 2.58. The zero-order valence-corrected chi connectivity index (χ0v) is 11.2. The van der Waals surface area contributed by atoms with E-state index >= 15 is 0 Å². The number of carboxylic acids is 1. The minimum absolute atomic E-state index is 0.167. The molecule has 2 heterocycles. The maximum Gasteiger partial charge on any atom is 0.410 e. The van der Waals surface area contributed by atoms with Crippen molar-refractivity contribution >= 4 is 12.1 Å². The second kappa shape index (κ2) is 4.56. The van der Waals surface area contributed by atoms with Gasteiger partial charge in [-0.1, -0.05) is 0 Å². The highest BCUT2D eigenvalue weighted by Crippen LogP contribution is 2.23. The molecule has 1 aromatic heterocycles. The zero-order valence-electron chi connectivity index (χ0n) is 11.2. The van der Waals surface area contributed by atoms with Crippen LogP contribution in [0.4, 0.5) is 4.79 Å². The summed E-state index contributed by atoms with van der Waals surface area (Å²) in [5, 5.41) is 12.8. The lowest BCUT2D eigenvalue weighted by molar-refractivity contribution is -0.137. The molecule has 0 saturated carbocycles. The fraction of sp³-hybridized carbons (Fsp3) is 0.583. The first-order valence-corrected chi connectivity index (χ1v) is 5.99. The molecule has 1 aromatic rings. The van der Waals surface area contributed by atoms with Crippen molar-refractivity contribution in [2.45, 2.75) is 46.0 Å². The molecule has 1 aliphatic rings. The normalized spacial score (nSPS) is 14.4. The van der Waals surface area contributed by atoms with Crippen LogP contribution in [0, 0.1) is 0 Å². The van der Waals surface area contributed by atoms with Gasteiger partial charge in [0.1, 0.15) is 12.1 Å². The number of aliphatic carboxylic acids is 1. The monoisotopic (exact) mass is 267 g/mol. The van der Waals surface area contributed by atoms with E-state index in [0.717, 1.165) is 11.3 Å². The number of aromatic nitrogens is 2.